The number of hydrogen-bond donors (Lipinski definition) is 1. The van der Waals surface area contributed by atoms with Crippen LogP contribution < -0.4 is 10.2 Å². The van der Waals surface area contributed by atoms with Crippen LogP contribution in [0.5, 0.6) is 0 Å². The number of carbonyl (C=O) groups excluding carboxylic acids is 1. The fourth-order valence-electron chi connectivity index (χ4n) is 2.28. The first-order valence-corrected chi connectivity index (χ1v) is 6.16. The molecule has 1 N–H and O–H groups in total. The highest BCUT2D eigenvalue weighted by molar-refractivity contribution is 5.96. The lowest BCUT2D eigenvalue weighted by Gasteiger charge is -2.18. The predicted molar refractivity (Wildman–Crippen MR) is 70.2 cm³/mol. The summed E-state index contributed by atoms with van der Waals surface area (Å²) in [5, 5.41) is 12.2. The minimum atomic E-state index is 0.114. The molecular formula is C14H17N3O. The number of nitrogens with zero attached hydrogens (tertiary/aromatic N) is 2. The van der Waals surface area contributed by atoms with Crippen LogP contribution in [0.15, 0.2) is 24.3 Å². The van der Waals surface area contributed by atoms with E-state index in [1.165, 1.54) is 0 Å². The number of anilines is 1. The largest absolute Gasteiger partial charge is 0.311 e. The molecule has 1 atom stereocenters. The molecule has 0 saturated carbocycles. The average molecular weight is 243 g/mol. The molecule has 94 valence electrons. The van der Waals surface area contributed by atoms with E-state index in [2.05, 4.69) is 25.2 Å². The molecule has 1 unspecified atom stereocenters. The summed E-state index contributed by atoms with van der Waals surface area (Å²) < 4.78 is 0. The van der Waals surface area contributed by atoms with E-state index in [1.54, 1.807) is 17.0 Å². The van der Waals surface area contributed by atoms with Crippen LogP contribution in [0.1, 0.15) is 25.8 Å². The highest BCUT2D eigenvalue weighted by atomic mass is 16.2. The van der Waals surface area contributed by atoms with Crippen molar-refractivity contribution in [1.29, 1.82) is 5.26 Å². The summed E-state index contributed by atoms with van der Waals surface area (Å²) in [6, 6.07) is 9.85. The molecule has 18 heavy (non-hydrogen) atoms. The van der Waals surface area contributed by atoms with Crippen molar-refractivity contribution in [3.63, 3.8) is 0 Å². The molecule has 4 heteroatoms. The van der Waals surface area contributed by atoms with Gasteiger partial charge >= 0.3 is 0 Å². The van der Waals surface area contributed by atoms with Crippen LogP contribution in [0, 0.1) is 11.3 Å². The van der Waals surface area contributed by atoms with Crippen molar-refractivity contribution in [2.75, 3.05) is 11.4 Å². The van der Waals surface area contributed by atoms with Crippen molar-refractivity contribution >= 4 is 11.6 Å². The van der Waals surface area contributed by atoms with Gasteiger partial charge in [-0.1, -0.05) is 19.9 Å². The van der Waals surface area contributed by atoms with Gasteiger partial charge in [0.25, 0.3) is 0 Å². The zero-order valence-electron chi connectivity index (χ0n) is 10.7. The molecule has 1 aliphatic heterocycles. The Morgan fingerprint density at radius 2 is 2.28 bits per heavy atom. The number of amides is 1. The Labute approximate surface area is 107 Å². The lowest BCUT2D eigenvalue weighted by atomic mass is 10.2. The summed E-state index contributed by atoms with van der Waals surface area (Å²) in [5.74, 6) is 0.114. The highest BCUT2D eigenvalue weighted by Gasteiger charge is 2.30. The van der Waals surface area contributed by atoms with Crippen molar-refractivity contribution < 1.29 is 4.79 Å². The minimum absolute atomic E-state index is 0.114. The van der Waals surface area contributed by atoms with Crippen LogP contribution >= 0.6 is 0 Å². The highest BCUT2D eigenvalue weighted by Crippen LogP contribution is 2.22. The number of benzene rings is 1. The van der Waals surface area contributed by atoms with Crippen molar-refractivity contribution in [1.82, 2.24) is 5.32 Å². The van der Waals surface area contributed by atoms with Crippen molar-refractivity contribution in [2.45, 2.75) is 32.4 Å². The third kappa shape index (κ3) is 2.69. The summed E-state index contributed by atoms with van der Waals surface area (Å²) in [5.41, 5.74) is 1.40. The Morgan fingerprint density at radius 3 is 2.94 bits per heavy atom. The lowest BCUT2D eigenvalue weighted by molar-refractivity contribution is -0.117. The summed E-state index contributed by atoms with van der Waals surface area (Å²) in [6.07, 6.45) is 0.523. The van der Waals surface area contributed by atoms with E-state index >= 15 is 0 Å². The van der Waals surface area contributed by atoms with Crippen LogP contribution in [0.3, 0.4) is 0 Å². The first kappa shape index (κ1) is 12.6. The molecule has 1 saturated heterocycles. The van der Waals surface area contributed by atoms with Crippen LogP contribution in [0.25, 0.3) is 0 Å². The second-order valence-corrected chi connectivity index (χ2v) is 4.89. The molecule has 1 heterocycles. The predicted octanol–water partition coefficient (Wildman–Crippen LogP) is 1.66. The molecule has 1 amide bonds. The SMILES string of the molecule is CC(C)NC1CC(=O)N(c2cccc(C#N)c2)C1. The van der Waals surface area contributed by atoms with Gasteiger partial charge in [0.15, 0.2) is 0 Å². The van der Waals surface area contributed by atoms with E-state index < -0.39 is 0 Å². The minimum Gasteiger partial charge on any atom is -0.311 e. The molecule has 1 aromatic carbocycles. The summed E-state index contributed by atoms with van der Waals surface area (Å²) in [6.45, 7) is 4.82. The molecule has 0 aromatic heterocycles. The van der Waals surface area contributed by atoms with E-state index in [1.807, 2.05) is 12.1 Å². The molecule has 2 rings (SSSR count). The van der Waals surface area contributed by atoms with Crippen LogP contribution in [0.4, 0.5) is 5.69 Å². The third-order valence-electron chi connectivity index (χ3n) is 2.98. The Bertz CT molecular complexity index is 490. The Balaban J connectivity index is 2.14. The van der Waals surface area contributed by atoms with Crippen molar-refractivity contribution in [2.24, 2.45) is 0 Å². The lowest BCUT2D eigenvalue weighted by Crippen LogP contribution is -2.37. The molecule has 0 spiro atoms. The first-order chi connectivity index (χ1) is 8.60. The molecule has 1 fully saturated rings. The van der Waals surface area contributed by atoms with Gasteiger partial charge in [-0.2, -0.15) is 5.26 Å². The van der Waals surface area contributed by atoms with Gasteiger partial charge in [0.1, 0.15) is 0 Å². The second kappa shape index (κ2) is 5.19. The third-order valence-corrected chi connectivity index (χ3v) is 2.98. The topological polar surface area (TPSA) is 56.1 Å². The number of hydrogen-bond acceptors (Lipinski definition) is 3. The van der Waals surface area contributed by atoms with Gasteiger partial charge in [0.05, 0.1) is 11.6 Å². The van der Waals surface area contributed by atoms with Gasteiger partial charge < -0.3 is 10.2 Å². The molecule has 1 aliphatic rings. The van der Waals surface area contributed by atoms with Crippen LogP contribution in [-0.4, -0.2) is 24.5 Å². The number of carbonyl (C=O) groups is 1. The summed E-state index contributed by atoms with van der Waals surface area (Å²) >= 11 is 0. The van der Waals surface area contributed by atoms with Crippen molar-refractivity contribution in [3.8, 4) is 6.07 Å². The quantitative estimate of drug-likeness (QED) is 0.878. The zero-order chi connectivity index (χ0) is 13.1. The Kier molecular flexibility index (Phi) is 3.63. The zero-order valence-corrected chi connectivity index (χ0v) is 10.7. The van der Waals surface area contributed by atoms with Gasteiger partial charge in [0, 0.05) is 30.7 Å². The molecule has 1 aromatic rings. The summed E-state index contributed by atoms with van der Waals surface area (Å²) in [4.78, 5) is 13.7. The van der Waals surface area contributed by atoms with E-state index in [4.69, 9.17) is 5.26 Å². The monoisotopic (exact) mass is 243 g/mol. The van der Waals surface area contributed by atoms with E-state index in [0.29, 0.717) is 24.6 Å². The average Bonchev–Trinajstić information content (AvgIpc) is 2.69. The molecular weight excluding hydrogens is 226 g/mol. The normalized spacial score (nSPS) is 19.3. The maximum Gasteiger partial charge on any atom is 0.228 e. The van der Waals surface area contributed by atoms with Gasteiger partial charge in [-0.15, -0.1) is 0 Å². The maximum atomic E-state index is 12.0. The number of nitriles is 1. The van der Waals surface area contributed by atoms with Gasteiger partial charge in [-0.05, 0) is 18.2 Å². The van der Waals surface area contributed by atoms with E-state index in [0.717, 1.165) is 5.69 Å². The van der Waals surface area contributed by atoms with Crippen LogP contribution in [0.2, 0.25) is 0 Å². The van der Waals surface area contributed by atoms with Gasteiger partial charge in [-0.25, -0.2) is 0 Å². The van der Waals surface area contributed by atoms with Crippen LogP contribution in [-0.2, 0) is 4.79 Å². The number of rotatable bonds is 3. The first-order valence-electron chi connectivity index (χ1n) is 6.16. The smallest absolute Gasteiger partial charge is 0.228 e. The van der Waals surface area contributed by atoms with E-state index in [9.17, 15) is 4.79 Å². The van der Waals surface area contributed by atoms with Gasteiger partial charge in [-0.3, -0.25) is 4.79 Å². The maximum absolute atomic E-state index is 12.0. The summed E-state index contributed by atoms with van der Waals surface area (Å²) in [7, 11) is 0. The molecule has 0 bridgehead atoms. The Morgan fingerprint density at radius 1 is 1.50 bits per heavy atom. The molecule has 0 radical (unpaired) electrons. The standard InChI is InChI=1S/C14H17N3O/c1-10(2)16-12-7-14(18)17(9-12)13-5-3-4-11(6-13)8-15/h3-6,10,12,16H,7,9H2,1-2H3. The van der Waals surface area contributed by atoms with Gasteiger partial charge in [0.2, 0.25) is 5.91 Å². The number of nitrogens with one attached hydrogen (secondary N) is 1. The van der Waals surface area contributed by atoms with E-state index in [-0.39, 0.29) is 11.9 Å². The Hall–Kier alpha value is -1.86. The fourth-order valence-corrected chi connectivity index (χ4v) is 2.28. The molecule has 0 aliphatic carbocycles. The fraction of sp³-hybridized carbons (Fsp3) is 0.429. The van der Waals surface area contributed by atoms with Crippen molar-refractivity contribution in [3.05, 3.63) is 29.8 Å². The second-order valence-electron chi connectivity index (χ2n) is 4.89. The molecule has 4 nitrogen and oxygen atoms in total.